The molecule has 3 rings (SSSR count). The van der Waals surface area contributed by atoms with Gasteiger partial charge < -0.3 is 0 Å². The highest BCUT2D eigenvalue weighted by Gasteiger charge is 2.08. The summed E-state index contributed by atoms with van der Waals surface area (Å²) in [6.45, 7) is 0. The molecule has 0 radical (unpaired) electrons. The van der Waals surface area contributed by atoms with Crippen molar-refractivity contribution in [3.63, 3.8) is 0 Å². The van der Waals surface area contributed by atoms with Crippen LogP contribution in [0.1, 0.15) is 11.1 Å². The molecule has 0 unspecified atom stereocenters. The highest BCUT2D eigenvalue weighted by molar-refractivity contribution is 7.89. The molecule has 0 bridgehead atoms. The molecule has 3 aromatic rings. The van der Waals surface area contributed by atoms with Gasteiger partial charge in [0.25, 0.3) is 0 Å². The van der Waals surface area contributed by atoms with Gasteiger partial charge in [0.2, 0.25) is 10.0 Å². The minimum absolute atomic E-state index is 0.130. The SMILES string of the molecule is NS(=O)(=O)c1ccc(Cc2ccnc3ccccc23)cc1. The van der Waals surface area contributed by atoms with Crippen molar-refractivity contribution in [2.45, 2.75) is 11.3 Å². The summed E-state index contributed by atoms with van der Waals surface area (Å²) in [6, 6.07) is 16.6. The first-order valence-corrected chi connectivity index (χ1v) is 8.03. The maximum atomic E-state index is 11.2. The molecule has 0 amide bonds. The molecule has 2 aromatic carbocycles. The third-order valence-corrected chi connectivity index (χ3v) is 4.32. The van der Waals surface area contributed by atoms with Crippen LogP contribution in [0.2, 0.25) is 0 Å². The van der Waals surface area contributed by atoms with Crippen LogP contribution in [0.5, 0.6) is 0 Å². The Bertz CT molecular complexity index is 882. The molecule has 0 saturated carbocycles. The number of para-hydroxylation sites is 1. The van der Waals surface area contributed by atoms with E-state index in [1.807, 2.05) is 30.3 Å². The fourth-order valence-electron chi connectivity index (χ4n) is 2.33. The molecule has 4 nitrogen and oxygen atoms in total. The third kappa shape index (κ3) is 2.94. The molecule has 5 heteroatoms. The summed E-state index contributed by atoms with van der Waals surface area (Å²) >= 11 is 0. The predicted molar refractivity (Wildman–Crippen MR) is 82.4 cm³/mol. The first-order valence-electron chi connectivity index (χ1n) is 6.48. The summed E-state index contributed by atoms with van der Waals surface area (Å²) in [7, 11) is -3.64. The van der Waals surface area contributed by atoms with Crippen LogP contribution >= 0.6 is 0 Å². The van der Waals surface area contributed by atoms with Crippen molar-refractivity contribution in [3.8, 4) is 0 Å². The zero-order valence-electron chi connectivity index (χ0n) is 11.2. The second kappa shape index (κ2) is 5.27. The number of nitrogens with zero attached hydrogens (tertiary/aromatic N) is 1. The number of fused-ring (bicyclic) bond motifs is 1. The summed E-state index contributed by atoms with van der Waals surface area (Å²) in [5.74, 6) is 0. The number of rotatable bonds is 3. The second-order valence-corrected chi connectivity index (χ2v) is 6.41. The lowest BCUT2D eigenvalue weighted by atomic mass is 10.0. The largest absolute Gasteiger partial charge is 0.256 e. The van der Waals surface area contributed by atoms with Gasteiger partial charge in [0.05, 0.1) is 10.4 Å². The van der Waals surface area contributed by atoms with Gasteiger partial charge in [0.1, 0.15) is 0 Å². The van der Waals surface area contributed by atoms with Gasteiger partial charge in [0, 0.05) is 11.6 Å². The van der Waals surface area contributed by atoms with Gasteiger partial charge in [-0.05, 0) is 41.8 Å². The number of benzene rings is 2. The Kier molecular flexibility index (Phi) is 3.45. The Labute approximate surface area is 123 Å². The Morgan fingerprint density at radius 2 is 1.67 bits per heavy atom. The van der Waals surface area contributed by atoms with Crippen molar-refractivity contribution in [2.24, 2.45) is 5.14 Å². The topological polar surface area (TPSA) is 73.1 Å². The molecule has 0 saturated heterocycles. The Hall–Kier alpha value is -2.24. The molecule has 106 valence electrons. The minimum atomic E-state index is -3.64. The molecular weight excluding hydrogens is 284 g/mol. The molecule has 0 fully saturated rings. The lowest BCUT2D eigenvalue weighted by Crippen LogP contribution is -2.11. The number of primary sulfonamides is 1. The Balaban J connectivity index is 1.96. The van der Waals surface area contributed by atoms with E-state index in [0.29, 0.717) is 6.42 Å². The summed E-state index contributed by atoms with van der Waals surface area (Å²) in [6.07, 6.45) is 2.50. The Morgan fingerprint density at radius 3 is 2.38 bits per heavy atom. The number of pyridine rings is 1. The van der Waals surface area contributed by atoms with E-state index in [1.54, 1.807) is 18.3 Å². The molecule has 1 heterocycles. The molecule has 1 aromatic heterocycles. The van der Waals surface area contributed by atoms with Crippen molar-refractivity contribution in [3.05, 3.63) is 71.9 Å². The molecule has 0 aliphatic heterocycles. The zero-order chi connectivity index (χ0) is 14.9. The normalized spacial score (nSPS) is 11.7. The van der Waals surface area contributed by atoms with E-state index in [9.17, 15) is 8.42 Å². The van der Waals surface area contributed by atoms with E-state index < -0.39 is 10.0 Å². The average Bonchev–Trinajstić information content (AvgIpc) is 2.47. The van der Waals surface area contributed by atoms with Gasteiger partial charge in [0.15, 0.2) is 0 Å². The van der Waals surface area contributed by atoms with Crippen LogP contribution in [0, 0.1) is 0 Å². The van der Waals surface area contributed by atoms with Crippen LogP contribution in [-0.4, -0.2) is 13.4 Å². The number of sulfonamides is 1. The van der Waals surface area contributed by atoms with Crippen molar-refractivity contribution in [2.75, 3.05) is 0 Å². The molecule has 0 spiro atoms. The smallest absolute Gasteiger partial charge is 0.238 e. The van der Waals surface area contributed by atoms with Crippen LogP contribution in [0.3, 0.4) is 0 Å². The summed E-state index contributed by atoms with van der Waals surface area (Å²) in [5, 5.41) is 6.20. The van der Waals surface area contributed by atoms with Gasteiger partial charge in [-0.1, -0.05) is 30.3 Å². The van der Waals surface area contributed by atoms with Crippen molar-refractivity contribution in [1.82, 2.24) is 4.98 Å². The first-order chi connectivity index (χ1) is 10.0. The summed E-state index contributed by atoms with van der Waals surface area (Å²) in [5.41, 5.74) is 3.14. The van der Waals surface area contributed by atoms with E-state index in [2.05, 4.69) is 4.98 Å². The van der Waals surface area contributed by atoms with Crippen LogP contribution < -0.4 is 5.14 Å². The van der Waals surface area contributed by atoms with Gasteiger partial charge >= 0.3 is 0 Å². The monoisotopic (exact) mass is 298 g/mol. The minimum Gasteiger partial charge on any atom is -0.256 e. The molecule has 0 atom stereocenters. The van der Waals surface area contributed by atoms with Crippen molar-refractivity contribution in [1.29, 1.82) is 0 Å². The Morgan fingerprint density at radius 1 is 0.952 bits per heavy atom. The lowest BCUT2D eigenvalue weighted by molar-refractivity contribution is 0.598. The van der Waals surface area contributed by atoms with Gasteiger partial charge in [-0.2, -0.15) is 0 Å². The highest BCUT2D eigenvalue weighted by Crippen LogP contribution is 2.20. The molecule has 0 aliphatic rings. The lowest BCUT2D eigenvalue weighted by Gasteiger charge is -2.07. The van der Waals surface area contributed by atoms with Gasteiger partial charge in [-0.25, -0.2) is 13.6 Å². The number of hydrogen-bond acceptors (Lipinski definition) is 3. The second-order valence-electron chi connectivity index (χ2n) is 4.85. The molecule has 0 aliphatic carbocycles. The fourth-order valence-corrected chi connectivity index (χ4v) is 2.84. The molecular formula is C16H14N2O2S. The van der Waals surface area contributed by atoms with Crippen LogP contribution in [0.4, 0.5) is 0 Å². The van der Waals surface area contributed by atoms with E-state index in [0.717, 1.165) is 22.0 Å². The van der Waals surface area contributed by atoms with E-state index in [4.69, 9.17) is 5.14 Å². The maximum absolute atomic E-state index is 11.2. The van der Waals surface area contributed by atoms with E-state index >= 15 is 0 Å². The zero-order valence-corrected chi connectivity index (χ0v) is 12.0. The van der Waals surface area contributed by atoms with Crippen LogP contribution in [0.25, 0.3) is 10.9 Å². The predicted octanol–water partition coefficient (Wildman–Crippen LogP) is 2.47. The van der Waals surface area contributed by atoms with Gasteiger partial charge in [-0.15, -0.1) is 0 Å². The quantitative estimate of drug-likeness (QED) is 0.807. The number of nitrogens with two attached hydrogens (primary N) is 1. The summed E-state index contributed by atoms with van der Waals surface area (Å²) in [4.78, 5) is 4.46. The van der Waals surface area contributed by atoms with Crippen molar-refractivity contribution < 1.29 is 8.42 Å². The average molecular weight is 298 g/mol. The fraction of sp³-hybridized carbons (Fsp3) is 0.0625. The van der Waals surface area contributed by atoms with Crippen LogP contribution in [0.15, 0.2) is 65.7 Å². The number of hydrogen-bond donors (Lipinski definition) is 1. The van der Waals surface area contributed by atoms with Gasteiger partial charge in [-0.3, -0.25) is 4.98 Å². The first kappa shape index (κ1) is 13.7. The number of aromatic nitrogens is 1. The van der Waals surface area contributed by atoms with E-state index in [1.165, 1.54) is 12.1 Å². The van der Waals surface area contributed by atoms with Crippen molar-refractivity contribution >= 4 is 20.9 Å². The third-order valence-electron chi connectivity index (χ3n) is 3.39. The molecule has 2 N–H and O–H groups in total. The van der Waals surface area contributed by atoms with E-state index in [-0.39, 0.29) is 4.90 Å². The standard InChI is InChI=1S/C16H14N2O2S/c17-21(19,20)14-7-5-12(6-8-14)11-13-9-10-18-16-4-2-1-3-15(13)16/h1-10H,11H2,(H2,17,19,20). The molecule has 21 heavy (non-hydrogen) atoms. The highest BCUT2D eigenvalue weighted by atomic mass is 32.2. The maximum Gasteiger partial charge on any atom is 0.238 e. The van der Waals surface area contributed by atoms with Crippen LogP contribution in [-0.2, 0) is 16.4 Å². The summed E-state index contributed by atoms with van der Waals surface area (Å²) < 4.78 is 22.5.